The molecular weight excluding hydrogens is 701 g/mol. The Labute approximate surface area is 309 Å². The summed E-state index contributed by atoms with van der Waals surface area (Å²) in [6, 6.07) is 15.8. The van der Waals surface area contributed by atoms with Gasteiger partial charge in [0.1, 0.15) is 23.9 Å². The Morgan fingerprint density at radius 2 is 1.72 bits per heavy atom. The van der Waals surface area contributed by atoms with Crippen LogP contribution in [-0.2, 0) is 39.6 Å². The number of oxime groups is 1. The summed E-state index contributed by atoms with van der Waals surface area (Å²) in [6.07, 6.45) is 1.59. The van der Waals surface area contributed by atoms with Gasteiger partial charge in [0, 0.05) is 26.3 Å². The highest BCUT2D eigenvalue weighted by Gasteiger charge is 2.45. The topological polar surface area (TPSA) is 191 Å². The summed E-state index contributed by atoms with van der Waals surface area (Å²) >= 11 is 0. The number of rotatable bonds is 16. The number of aliphatic hydroxyl groups excluding tert-OH is 1. The van der Waals surface area contributed by atoms with Crippen molar-refractivity contribution in [1.29, 1.82) is 0 Å². The number of pyridine rings is 1. The number of hydrogen-bond donors (Lipinski definition) is 3. The number of benzene rings is 2. The molecule has 15 nitrogen and oxygen atoms in total. The Morgan fingerprint density at radius 1 is 1.02 bits per heavy atom. The summed E-state index contributed by atoms with van der Waals surface area (Å²) in [5.74, 6) is -1.16. The first-order valence-electron chi connectivity index (χ1n) is 17.4. The number of urea groups is 1. The molecule has 5 rings (SSSR count). The quantitative estimate of drug-likeness (QED) is 0.0670. The number of carbonyl (C=O) groups excluding carboxylic acids is 3. The van der Waals surface area contributed by atoms with Crippen LogP contribution in [0.1, 0.15) is 44.6 Å². The van der Waals surface area contributed by atoms with Crippen LogP contribution in [0.2, 0.25) is 0 Å². The number of aliphatic hydroxyl groups is 1. The summed E-state index contributed by atoms with van der Waals surface area (Å²) in [5, 5.41) is 26.5. The normalized spacial score (nSPS) is 15.7. The van der Waals surface area contributed by atoms with E-state index in [4.69, 9.17) is 5.21 Å². The highest BCUT2D eigenvalue weighted by Crippen LogP contribution is 2.24. The maximum Gasteiger partial charge on any atom is 0.328 e. The van der Waals surface area contributed by atoms with E-state index in [1.54, 1.807) is 43.8 Å². The number of aromatic nitrogens is 3. The van der Waals surface area contributed by atoms with Gasteiger partial charge in [-0.2, -0.15) is 4.31 Å². The third kappa shape index (κ3) is 8.89. The molecule has 282 valence electrons. The van der Waals surface area contributed by atoms with Crippen molar-refractivity contribution in [2.45, 2.75) is 63.7 Å². The van der Waals surface area contributed by atoms with Crippen molar-refractivity contribution in [2.75, 3.05) is 19.6 Å². The molecule has 4 amide bonds. The number of aryl methyl sites for hydroxylation is 1. The molecule has 1 fully saturated rings. The second-order valence-corrected chi connectivity index (χ2v) is 15.9. The van der Waals surface area contributed by atoms with Crippen molar-refractivity contribution in [2.24, 2.45) is 24.0 Å². The molecule has 0 bridgehead atoms. The highest BCUT2D eigenvalue weighted by molar-refractivity contribution is 7.89. The van der Waals surface area contributed by atoms with E-state index < -0.39 is 52.0 Å². The molecule has 1 aliphatic rings. The predicted molar refractivity (Wildman–Crippen MR) is 197 cm³/mol. The summed E-state index contributed by atoms with van der Waals surface area (Å²) in [7, 11) is -2.36. The van der Waals surface area contributed by atoms with Crippen LogP contribution in [0, 0.1) is 11.8 Å². The van der Waals surface area contributed by atoms with Crippen molar-refractivity contribution >= 4 is 45.2 Å². The van der Waals surface area contributed by atoms with Crippen LogP contribution in [-0.4, -0.2) is 109 Å². The summed E-state index contributed by atoms with van der Waals surface area (Å²) in [5.41, 5.74) is 2.50. The Bertz CT molecular complexity index is 2050. The second-order valence-electron chi connectivity index (χ2n) is 13.9. The maximum absolute atomic E-state index is 14.2. The van der Waals surface area contributed by atoms with E-state index in [1.807, 2.05) is 44.2 Å². The number of amides is 4. The standard InChI is InChI=1S/C37H46N8O7S/c1-24(2)20-43(53(51,52)28-15-13-27(14-16-28)19-39-50)21-31(46)30(18-26-10-7-6-8-11-26)41-36(48)34(25(3)4)45-23-33(47)44(37(45)49)22-32-40-29-12-9-17-38-35(29)42(32)5/h6-17,19,24-25,30-31,34,46,50H,18,20-23H2,1-5H3,(H,41,48)/t30-,31-,34-/m0/s1. The zero-order valence-corrected chi connectivity index (χ0v) is 31.2. The third-order valence-corrected chi connectivity index (χ3v) is 11.0. The van der Waals surface area contributed by atoms with E-state index in [2.05, 4.69) is 20.4 Å². The molecular formula is C37H46N8O7S. The van der Waals surface area contributed by atoms with Crippen LogP contribution in [0.25, 0.3) is 11.2 Å². The molecule has 3 atom stereocenters. The number of sulfonamides is 1. The van der Waals surface area contributed by atoms with Gasteiger partial charge in [-0.05, 0) is 53.6 Å². The molecule has 4 aromatic rings. The molecule has 0 saturated carbocycles. The molecule has 0 spiro atoms. The van der Waals surface area contributed by atoms with Crippen LogP contribution in [0.5, 0.6) is 0 Å². The van der Waals surface area contributed by atoms with Gasteiger partial charge in [-0.25, -0.2) is 23.2 Å². The van der Waals surface area contributed by atoms with E-state index in [9.17, 15) is 27.9 Å². The van der Waals surface area contributed by atoms with Gasteiger partial charge in [0.2, 0.25) is 15.9 Å². The molecule has 3 heterocycles. The van der Waals surface area contributed by atoms with Crippen molar-refractivity contribution < 1.29 is 33.1 Å². The van der Waals surface area contributed by atoms with Crippen LogP contribution < -0.4 is 5.32 Å². The van der Waals surface area contributed by atoms with Gasteiger partial charge in [-0.15, -0.1) is 0 Å². The Kier molecular flexibility index (Phi) is 12.3. The lowest BCUT2D eigenvalue weighted by molar-refractivity contribution is -0.129. The Balaban J connectivity index is 1.39. The number of imidazole rings is 1. The van der Waals surface area contributed by atoms with E-state index >= 15 is 0 Å². The smallest absolute Gasteiger partial charge is 0.328 e. The maximum atomic E-state index is 14.2. The first-order valence-corrected chi connectivity index (χ1v) is 18.8. The van der Waals surface area contributed by atoms with Crippen molar-refractivity contribution in [1.82, 2.24) is 34.0 Å². The first kappa shape index (κ1) is 39.0. The van der Waals surface area contributed by atoms with Crippen molar-refractivity contribution in [3.05, 3.63) is 89.9 Å². The van der Waals surface area contributed by atoms with E-state index in [0.29, 0.717) is 22.6 Å². The van der Waals surface area contributed by atoms with Crippen LogP contribution in [0.15, 0.2) is 83.0 Å². The van der Waals surface area contributed by atoms with Gasteiger partial charge < -0.3 is 25.1 Å². The van der Waals surface area contributed by atoms with Crippen LogP contribution in [0.4, 0.5) is 4.79 Å². The minimum absolute atomic E-state index is 0.0133. The zero-order chi connectivity index (χ0) is 38.4. The fraction of sp³-hybridized carbons (Fsp3) is 0.405. The van der Waals surface area contributed by atoms with E-state index in [-0.39, 0.29) is 43.4 Å². The molecule has 1 aliphatic heterocycles. The first-order chi connectivity index (χ1) is 25.2. The van der Waals surface area contributed by atoms with Gasteiger partial charge in [0.05, 0.1) is 29.8 Å². The fourth-order valence-electron chi connectivity index (χ4n) is 6.47. The number of carbonyl (C=O) groups is 3. The second kappa shape index (κ2) is 16.7. The van der Waals surface area contributed by atoms with E-state index in [0.717, 1.165) is 10.5 Å². The fourth-order valence-corrected chi connectivity index (χ4v) is 8.09. The number of nitrogens with zero attached hydrogens (tertiary/aromatic N) is 7. The predicted octanol–water partition coefficient (Wildman–Crippen LogP) is 3.00. The van der Waals surface area contributed by atoms with Crippen LogP contribution in [0.3, 0.4) is 0 Å². The molecule has 0 radical (unpaired) electrons. The monoisotopic (exact) mass is 746 g/mol. The summed E-state index contributed by atoms with van der Waals surface area (Å²) in [4.78, 5) is 52.4. The number of hydrogen-bond acceptors (Lipinski definition) is 10. The SMILES string of the molecule is CC(C)CN(C[C@H](O)[C@H](Cc1ccccc1)NC(=O)[C@H](C(C)C)N1CC(=O)N(Cc2nc3cccnc3n2C)C1=O)S(=O)(=O)c1ccc(C=NO)cc1. The molecule has 0 aliphatic carbocycles. The molecule has 53 heavy (non-hydrogen) atoms. The molecule has 1 saturated heterocycles. The molecule has 2 aromatic carbocycles. The van der Waals surface area contributed by atoms with Gasteiger partial charge in [-0.3, -0.25) is 14.5 Å². The van der Waals surface area contributed by atoms with Gasteiger partial charge in [0.15, 0.2) is 5.65 Å². The molecule has 2 aromatic heterocycles. The lowest BCUT2D eigenvalue weighted by atomic mass is 9.97. The van der Waals surface area contributed by atoms with Gasteiger partial charge >= 0.3 is 6.03 Å². The van der Waals surface area contributed by atoms with Crippen molar-refractivity contribution in [3.8, 4) is 0 Å². The summed E-state index contributed by atoms with van der Waals surface area (Å²) in [6.45, 7) is 6.55. The lowest BCUT2D eigenvalue weighted by Gasteiger charge is -2.34. The largest absolute Gasteiger partial charge is 0.411 e. The Morgan fingerprint density at radius 3 is 2.34 bits per heavy atom. The molecule has 3 N–H and O–H groups in total. The van der Waals surface area contributed by atoms with Gasteiger partial charge in [0.25, 0.3) is 5.91 Å². The van der Waals surface area contributed by atoms with Crippen molar-refractivity contribution in [3.63, 3.8) is 0 Å². The van der Waals surface area contributed by atoms with E-state index in [1.165, 1.54) is 39.7 Å². The van der Waals surface area contributed by atoms with Gasteiger partial charge in [-0.1, -0.05) is 75.3 Å². The third-order valence-electron chi connectivity index (χ3n) is 9.11. The number of fused-ring (bicyclic) bond motifs is 1. The zero-order valence-electron chi connectivity index (χ0n) is 30.4. The highest BCUT2D eigenvalue weighted by atomic mass is 32.2. The number of nitrogens with one attached hydrogen (secondary N) is 1. The average molecular weight is 747 g/mol. The lowest BCUT2D eigenvalue weighted by Crippen LogP contribution is -2.57. The number of imide groups is 1. The molecule has 0 unspecified atom stereocenters. The minimum Gasteiger partial charge on any atom is -0.411 e. The Hall–Kier alpha value is -5.19. The minimum atomic E-state index is -4.11. The summed E-state index contributed by atoms with van der Waals surface area (Å²) < 4.78 is 30.7. The average Bonchev–Trinajstić information content (AvgIpc) is 3.58. The van der Waals surface area contributed by atoms with Crippen LogP contribution >= 0.6 is 0 Å². The molecule has 16 heteroatoms.